The molecule has 0 aliphatic carbocycles. The Morgan fingerprint density at radius 1 is 1.38 bits per heavy atom. The molecule has 1 aromatic carbocycles. The molecule has 5 heteroatoms. The number of ether oxygens (including phenoxy) is 1. The van der Waals surface area contributed by atoms with Gasteiger partial charge in [0.25, 0.3) is 0 Å². The Kier molecular flexibility index (Phi) is 3.40. The van der Waals surface area contributed by atoms with Crippen LogP contribution in [-0.4, -0.2) is 22.8 Å². The van der Waals surface area contributed by atoms with Crippen molar-refractivity contribution in [2.45, 2.75) is 13.8 Å². The van der Waals surface area contributed by atoms with E-state index in [0.717, 1.165) is 6.92 Å². The van der Waals surface area contributed by atoms with Crippen LogP contribution in [0.5, 0.6) is 5.75 Å². The summed E-state index contributed by atoms with van der Waals surface area (Å²) in [6.45, 7) is 2.41. The largest absolute Gasteiger partial charge is 0.478 e. The van der Waals surface area contributed by atoms with E-state index in [4.69, 9.17) is 9.84 Å². The Hall–Kier alpha value is -2.17. The van der Waals surface area contributed by atoms with E-state index in [1.807, 2.05) is 0 Å². The van der Waals surface area contributed by atoms with Crippen LogP contribution in [0.4, 0.5) is 0 Å². The summed E-state index contributed by atoms with van der Waals surface area (Å²) in [7, 11) is 0. The highest BCUT2D eigenvalue weighted by Crippen LogP contribution is 2.24. The molecular weight excluding hydrogens is 214 g/mol. The predicted molar refractivity (Wildman–Crippen MR) is 54.7 cm³/mol. The molecule has 0 radical (unpaired) electrons. The number of benzene rings is 1. The highest BCUT2D eigenvalue weighted by Gasteiger charge is 2.19. The van der Waals surface area contributed by atoms with E-state index < -0.39 is 11.9 Å². The van der Waals surface area contributed by atoms with Gasteiger partial charge in [0.05, 0.1) is 5.56 Å². The molecule has 0 aromatic heterocycles. The molecule has 0 fully saturated rings. The van der Waals surface area contributed by atoms with E-state index in [9.17, 15) is 14.4 Å². The van der Waals surface area contributed by atoms with Crippen molar-refractivity contribution in [2.24, 2.45) is 0 Å². The number of rotatable bonds is 3. The summed E-state index contributed by atoms with van der Waals surface area (Å²) in [5.74, 6) is -2.48. The number of esters is 1. The van der Waals surface area contributed by atoms with Gasteiger partial charge in [0.2, 0.25) is 0 Å². The zero-order valence-corrected chi connectivity index (χ0v) is 8.81. The fourth-order valence-corrected chi connectivity index (χ4v) is 1.24. The quantitative estimate of drug-likeness (QED) is 0.478. The summed E-state index contributed by atoms with van der Waals surface area (Å²) < 4.78 is 4.76. The van der Waals surface area contributed by atoms with Gasteiger partial charge in [-0.2, -0.15) is 0 Å². The van der Waals surface area contributed by atoms with Crippen LogP contribution in [0.15, 0.2) is 18.2 Å². The van der Waals surface area contributed by atoms with E-state index in [0.29, 0.717) is 0 Å². The third kappa shape index (κ3) is 2.44. The van der Waals surface area contributed by atoms with Crippen LogP contribution in [0.3, 0.4) is 0 Å². The van der Waals surface area contributed by atoms with Gasteiger partial charge in [0, 0.05) is 6.92 Å². The second kappa shape index (κ2) is 4.57. The van der Waals surface area contributed by atoms with Crippen LogP contribution in [0.1, 0.15) is 34.6 Å². The summed E-state index contributed by atoms with van der Waals surface area (Å²) in [6.07, 6.45) is 0. The van der Waals surface area contributed by atoms with Crippen LogP contribution < -0.4 is 4.74 Å². The zero-order valence-electron chi connectivity index (χ0n) is 8.81. The average molecular weight is 224 g/mol. The molecule has 0 aliphatic rings. The molecule has 16 heavy (non-hydrogen) atoms. The maximum Gasteiger partial charge on any atom is 0.339 e. The van der Waals surface area contributed by atoms with E-state index in [2.05, 4.69) is 0 Å². The van der Waals surface area contributed by atoms with Crippen LogP contribution in [0, 0.1) is 0 Å². The molecule has 84 valence electrons. The molecule has 1 N–H and O–H groups in total. The number of hydrogen-bond acceptors (Lipinski definition) is 4. The Balaban J connectivity index is 3.40. The number of carbonyl (C=O) groups is 3. The van der Waals surface area contributed by atoms with Crippen LogP contribution >= 0.6 is 0 Å². The summed E-state index contributed by atoms with van der Waals surface area (Å²) in [6, 6.07) is 4.10. The first kappa shape index (κ1) is 11.9. The Morgan fingerprint density at radius 2 is 2.00 bits per heavy atom. The van der Waals surface area contributed by atoms with Gasteiger partial charge in [0.15, 0.2) is 11.5 Å². The number of para-hydroxylation sites is 1. The maximum absolute atomic E-state index is 11.2. The summed E-state index contributed by atoms with van der Waals surface area (Å²) in [4.78, 5) is 33.0. The number of carboxylic acids is 1. The number of ketones is 1. The average Bonchev–Trinajstić information content (AvgIpc) is 2.16. The fraction of sp³-hybridized carbons (Fsp3) is 0.182. The van der Waals surface area contributed by atoms with Crippen molar-refractivity contribution in [1.29, 1.82) is 0 Å². The molecule has 0 aliphatic heterocycles. The number of hydrogen-bond donors (Lipinski definition) is 1. The Bertz CT molecular complexity index is 429. The van der Waals surface area contributed by atoms with Gasteiger partial charge in [-0.3, -0.25) is 9.59 Å². The van der Waals surface area contributed by atoms with Crippen molar-refractivity contribution in [3.63, 3.8) is 0 Å². The standard InChI is InChI=1S/C11H10O5/c1-6(12)8-4-3-5-9(11(14)15)10(8)16-7(2)13/h3-5H,1-2H3,(H,14,15)/i6+2. The topological polar surface area (TPSA) is 80.7 Å². The zero-order chi connectivity index (χ0) is 12.3. The predicted octanol–water partition coefficient (Wildman–Crippen LogP) is 1.51. The van der Waals surface area contributed by atoms with E-state index >= 15 is 0 Å². The van der Waals surface area contributed by atoms with Crippen molar-refractivity contribution >= 4 is 17.7 Å². The van der Waals surface area contributed by atoms with E-state index in [1.165, 1.54) is 25.1 Å². The molecule has 0 bridgehead atoms. The van der Waals surface area contributed by atoms with Gasteiger partial charge >= 0.3 is 11.9 Å². The first-order valence-electron chi connectivity index (χ1n) is 4.49. The number of Topliss-reactive ketones (excluding diaryl/α,β-unsaturated/α-hetero) is 1. The summed E-state index contributed by atoms with van der Waals surface area (Å²) >= 11 is 0. The molecule has 5 nitrogen and oxygen atoms in total. The number of aromatic carboxylic acids is 1. The molecule has 0 spiro atoms. The molecule has 0 amide bonds. The minimum absolute atomic E-state index is 0.0788. The lowest BCUT2D eigenvalue weighted by Gasteiger charge is -2.09. The first-order chi connectivity index (χ1) is 7.43. The van der Waals surface area contributed by atoms with Crippen molar-refractivity contribution in [3.8, 4) is 5.75 Å². The lowest BCUT2D eigenvalue weighted by atomic mass is 10.1. The second-order valence-corrected chi connectivity index (χ2v) is 3.14. The summed E-state index contributed by atoms with van der Waals surface area (Å²) in [5.41, 5.74) is -0.127. The second-order valence-electron chi connectivity index (χ2n) is 3.14. The van der Waals surface area contributed by atoms with Gasteiger partial charge in [0.1, 0.15) is 5.56 Å². The first-order valence-corrected chi connectivity index (χ1v) is 4.49. The fourth-order valence-electron chi connectivity index (χ4n) is 1.24. The Morgan fingerprint density at radius 3 is 2.44 bits per heavy atom. The lowest BCUT2D eigenvalue weighted by Crippen LogP contribution is -2.11. The minimum atomic E-state index is -1.25. The molecule has 0 heterocycles. The SMILES string of the molecule is CC(=O)Oc1c(C(=O)O)cccc1[14C](C)=O. The van der Waals surface area contributed by atoms with Crippen molar-refractivity contribution in [1.82, 2.24) is 0 Å². The van der Waals surface area contributed by atoms with Gasteiger partial charge in [-0.15, -0.1) is 0 Å². The highest BCUT2D eigenvalue weighted by atomic mass is 16.5. The number of carboxylic acid groups (broad SMARTS) is 1. The maximum atomic E-state index is 11.2. The molecule has 0 unspecified atom stereocenters. The van der Waals surface area contributed by atoms with Crippen LogP contribution in [-0.2, 0) is 4.79 Å². The molecule has 0 saturated carbocycles. The van der Waals surface area contributed by atoms with Crippen molar-refractivity contribution < 1.29 is 24.2 Å². The van der Waals surface area contributed by atoms with Gasteiger partial charge in [-0.25, -0.2) is 4.79 Å². The molecule has 1 rings (SSSR count). The third-order valence-corrected chi connectivity index (χ3v) is 1.87. The van der Waals surface area contributed by atoms with E-state index in [-0.39, 0.29) is 22.7 Å². The molecule has 0 saturated heterocycles. The Labute approximate surface area is 91.6 Å². The molecule has 0 atom stereocenters. The molecular formula is C11H10O5. The normalized spacial score (nSPS) is 9.62. The minimum Gasteiger partial charge on any atom is -0.478 e. The van der Waals surface area contributed by atoms with Crippen LogP contribution in [0.2, 0.25) is 0 Å². The van der Waals surface area contributed by atoms with Gasteiger partial charge in [-0.05, 0) is 19.1 Å². The lowest BCUT2D eigenvalue weighted by molar-refractivity contribution is -0.131. The smallest absolute Gasteiger partial charge is 0.339 e. The molecule has 1 aromatic rings. The van der Waals surface area contributed by atoms with Crippen molar-refractivity contribution in [3.05, 3.63) is 29.3 Å². The van der Waals surface area contributed by atoms with Crippen LogP contribution in [0.25, 0.3) is 0 Å². The van der Waals surface area contributed by atoms with Gasteiger partial charge < -0.3 is 9.84 Å². The third-order valence-electron chi connectivity index (χ3n) is 1.87. The monoisotopic (exact) mass is 224 g/mol. The van der Waals surface area contributed by atoms with Crippen molar-refractivity contribution in [2.75, 3.05) is 0 Å². The highest BCUT2D eigenvalue weighted by molar-refractivity contribution is 6.02. The van der Waals surface area contributed by atoms with E-state index in [1.54, 1.807) is 0 Å². The number of carbonyl (C=O) groups excluding carboxylic acids is 2. The summed E-state index contributed by atoms with van der Waals surface area (Å²) in [5, 5.41) is 8.88. The van der Waals surface area contributed by atoms with Gasteiger partial charge in [-0.1, -0.05) is 6.07 Å².